The third-order valence-electron chi connectivity index (χ3n) is 4.65. The van der Waals surface area contributed by atoms with Crippen LogP contribution >= 0.6 is 0 Å². The summed E-state index contributed by atoms with van der Waals surface area (Å²) < 4.78 is 0. The molecule has 0 aliphatic heterocycles. The third kappa shape index (κ3) is 3.37. The predicted molar refractivity (Wildman–Crippen MR) is 80.4 cm³/mol. The normalized spacial score (nSPS) is 24.7. The van der Waals surface area contributed by atoms with Gasteiger partial charge in [-0.15, -0.1) is 0 Å². The molecule has 0 spiro atoms. The summed E-state index contributed by atoms with van der Waals surface area (Å²) in [5, 5.41) is 13.5. The van der Waals surface area contributed by atoms with Gasteiger partial charge in [-0.2, -0.15) is 0 Å². The van der Waals surface area contributed by atoms with Crippen molar-refractivity contribution in [2.75, 3.05) is 6.54 Å². The van der Waals surface area contributed by atoms with E-state index in [1.54, 1.807) is 0 Å². The highest BCUT2D eigenvalue weighted by Gasteiger charge is 2.25. The zero-order valence-corrected chi connectivity index (χ0v) is 12.7. The van der Waals surface area contributed by atoms with Crippen LogP contribution in [0, 0.1) is 26.7 Å². The largest absolute Gasteiger partial charge is 0.393 e. The van der Waals surface area contributed by atoms with Gasteiger partial charge in [-0.05, 0) is 68.7 Å². The molecule has 0 radical (unpaired) electrons. The second kappa shape index (κ2) is 6.06. The molecule has 0 amide bonds. The van der Waals surface area contributed by atoms with Crippen molar-refractivity contribution in [3.8, 4) is 0 Å². The van der Waals surface area contributed by atoms with Gasteiger partial charge in [0, 0.05) is 12.6 Å². The lowest BCUT2D eigenvalue weighted by atomic mass is 9.96. The topological polar surface area (TPSA) is 32.3 Å². The van der Waals surface area contributed by atoms with Gasteiger partial charge in [0.05, 0.1) is 6.10 Å². The summed E-state index contributed by atoms with van der Waals surface area (Å²) in [5.74, 6) is 0.439. The van der Waals surface area contributed by atoms with E-state index >= 15 is 0 Å². The van der Waals surface area contributed by atoms with Gasteiger partial charge >= 0.3 is 0 Å². The van der Waals surface area contributed by atoms with E-state index in [4.69, 9.17) is 0 Å². The summed E-state index contributed by atoms with van der Waals surface area (Å²) in [4.78, 5) is 0. The van der Waals surface area contributed by atoms with Crippen molar-refractivity contribution < 1.29 is 5.11 Å². The molecule has 1 aliphatic rings. The van der Waals surface area contributed by atoms with Gasteiger partial charge < -0.3 is 10.4 Å². The maximum Gasteiger partial charge on any atom is 0.0580 e. The molecule has 1 fully saturated rings. The summed E-state index contributed by atoms with van der Waals surface area (Å²) in [6.07, 6.45) is 3.21. The van der Waals surface area contributed by atoms with Crippen molar-refractivity contribution in [1.29, 1.82) is 0 Å². The van der Waals surface area contributed by atoms with Crippen molar-refractivity contribution in [1.82, 2.24) is 5.32 Å². The first kappa shape index (κ1) is 14.5. The van der Waals surface area contributed by atoms with E-state index in [2.05, 4.69) is 45.1 Å². The lowest BCUT2D eigenvalue weighted by Gasteiger charge is -2.22. The van der Waals surface area contributed by atoms with E-state index < -0.39 is 0 Å². The van der Waals surface area contributed by atoms with Crippen LogP contribution in [0.1, 0.15) is 54.5 Å². The number of aliphatic hydroxyl groups excluding tert-OH is 1. The molecule has 0 aromatic heterocycles. The second-order valence-corrected chi connectivity index (χ2v) is 6.18. The summed E-state index contributed by atoms with van der Waals surface area (Å²) in [6, 6.07) is 4.92. The minimum absolute atomic E-state index is 0.0967. The molecule has 1 saturated carbocycles. The monoisotopic (exact) mass is 261 g/mol. The quantitative estimate of drug-likeness (QED) is 0.870. The molecule has 0 bridgehead atoms. The van der Waals surface area contributed by atoms with Gasteiger partial charge in [0.2, 0.25) is 0 Å². The first-order valence-electron chi connectivity index (χ1n) is 7.48. The average molecular weight is 261 g/mol. The Kier molecular flexibility index (Phi) is 4.64. The lowest BCUT2D eigenvalue weighted by Crippen LogP contribution is -2.30. The van der Waals surface area contributed by atoms with Crippen LogP contribution in [0.15, 0.2) is 12.1 Å². The van der Waals surface area contributed by atoms with Crippen LogP contribution in [0.5, 0.6) is 0 Å². The molecular formula is C17H27NO. The lowest BCUT2D eigenvalue weighted by molar-refractivity contribution is 0.130. The van der Waals surface area contributed by atoms with Gasteiger partial charge in [-0.25, -0.2) is 0 Å². The number of benzene rings is 1. The van der Waals surface area contributed by atoms with Crippen LogP contribution in [0.3, 0.4) is 0 Å². The number of rotatable bonds is 4. The van der Waals surface area contributed by atoms with Crippen LogP contribution in [0.4, 0.5) is 0 Å². The summed E-state index contributed by atoms with van der Waals surface area (Å²) >= 11 is 0. The Labute approximate surface area is 117 Å². The average Bonchev–Trinajstić information content (AvgIpc) is 2.76. The number of hydrogen-bond donors (Lipinski definition) is 2. The molecule has 3 atom stereocenters. The maximum atomic E-state index is 9.87. The molecule has 2 nitrogen and oxygen atoms in total. The number of nitrogens with one attached hydrogen (secondary N) is 1. The summed E-state index contributed by atoms with van der Waals surface area (Å²) in [7, 11) is 0. The Bertz CT molecular complexity index is 441. The molecule has 0 heterocycles. The van der Waals surface area contributed by atoms with Crippen molar-refractivity contribution in [2.45, 2.75) is 59.1 Å². The Morgan fingerprint density at radius 3 is 2.47 bits per heavy atom. The van der Waals surface area contributed by atoms with E-state index in [0.29, 0.717) is 12.0 Å². The van der Waals surface area contributed by atoms with E-state index in [1.807, 2.05) is 0 Å². The molecule has 1 aromatic rings. The maximum absolute atomic E-state index is 9.87. The molecule has 0 saturated heterocycles. The van der Waals surface area contributed by atoms with Crippen LogP contribution in [0.25, 0.3) is 0 Å². The molecule has 3 unspecified atom stereocenters. The first-order valence-corrected chi connectivity index (χ1v) is 7.48. The third-order valence-corrected chi connectivity index (χ3v) is 4.65. The summed E-state index contributed by atoms with van der Waals surface area (Å²) in [6.45, 7) is 9.67. The smallest absolute Gasteiger partial charge is 0.0580 e. The van der Waals surface area contributed by atoms with Crippen LogP contribution in [-0.2, 0) is 0 Å². The SMILES string of the molecule is Cc1cc(C)c(C(C)NCC2CCCC2O)cc1C. The number of aliphatic hydroxyl groups is 1. The Balaban J connectivity index is 1.99. The van der Waals surface area contributed by atoms with Crippen molar-refractivity contribution in [3.05, 3.63) is 34.4 Å². The number of hydrogen-bond acceptors (Lipinski definition) is 2. The predicted octanol–water partition coefficient (Wildman–Crippen LogP) is 3.42. The minimum atomic E-state index is -0.0967. The highest BCUT2D eigenvalue weighted by atomic mass is 16.3. The van der Waals surface area contributed by atoms with Gasteiger partial charge in [0.15, 0.2) is 0 Å². The molecule has 1 aliphatic carbocycles. The first-order chi connectivity index (χ1) is 8.99. The summed E-state index contributed by atoms with van der Waals surface area (Å²) in [5.41, 5.74) is 5.46. The van der Waals surface area contributed by atoms with Crippen LogP contribution in [-0.4, -0.2) is 17.8 Å². The van der Waals surface area contributed by atoms with Gasteiger partial charge in [0.1, 0.15) is 0 Å². The highest BCUT2D eigenvalue weighted by molar-refractivity contribution is 5.38. The van der Waals surface area contributed by atoms with Crippen molar-refractivity contribution in [3.63, 3.8) is 0 Å². The van der Waals surface area contributed by atoms with E-state index in [0.717, 1.165) is 19.4 Å². The van der Waals surface area contributed by atoms with E-state index in [9.17, 15) is 5.11 Å². The fraction of sp³-hybridized carbons (Fsp3) is 0.647. The standard InChI is InChI=1S/C17H27NO/c1-11-8-13(3)16(9-12(11)2)14(4)18-10-15-6-5-7-17(15)19/h8-9,14-15,17-19H,5-7,10H2,1-4H3. The Morgan fingerprint density at radius 2 is 1.84 bits per heavy atom. The fourth-order valence-electron chi connectivity index (χ4n) is 3.14. The van der Waals surface area contributed by atoms with E-state index in [1.165, 1.54) is 28.7 Å². The highest BCUT2D eigenvalue weighted by Crippen LogP contribution is 2.26. The molecule has 1 aromatic carbocycles. The zero-order chi connectivity index (χ0) is 14.0. The van der Waals surface area contributed by atoms with Crippen LogP contribution < -0.4 is 5.32 Å². The molecule has 2 N–H and O–H groups in total. The van der Waals surface area contributed by atoms with Crippen molar-refractivity contribution in [2.24, 2.45) is 5.92 Å². The zero-order valence-electron chi connectivity index (χ0n) is 12.7. The molecule has 2 rings (SSSR count). The Morgan fingerprint density at radius 1 is 1.16 bits per heavy atom. The molecular weight excluding hydrogens is 234 g/mol. The van der Waals surface area contributed by atoms with Gasteiger partial charge in [-0.1, -0.05) is 18.6 Å². The van der Waals surface area contributed by atoms with Crippen molar-refractivity contribution >= 4 is 0 Å². The number of aryl methyl sites for hydroxylation is 3. The molecule has 2 heteroatoms. The Hall–Kier alpha value is -0.860. The van der Waals surface area contributed by atoms with Gasteiger partial charge in [-0.3, -0.25) is 0 Å². The van der Waals surface area contributed by atoms with Crippen LogP contribution in [0.2, 0.25) is 0 Å². The fourth-order valence-corrected chi connectivity index (χ4v) is 3.14. The van der Waals surface area contributed by atoms with E-state index in [-0.39, 0.29) is 6.10 Å². The molecule has 106 valence electrons. The molecule has 19 heavy (non-hydrogen) atoms. The van der Waals surface area contributed by atoms with Gasteiger partial charge in [0.25, 0.3) is 0 Å². The minimum Gasteiger partial charge on any atom is -0.393 e. The second-order valence-electron chi connectivity index (χ2n) is 6.18.